The highest BCUT2D eigenvalue weighted by Gasteiger charge is 2.16. The zero-order valence-corrected chi connectivity index (χ0v) is 22.8. The Kier molecular flexibility index (Phi) is 7.22. The molecular formula is C31H22N6O4S. The van der Waals surface area contributed by atoms with Crippen LogP contribution in [0.25, 0.3) is 40.1 Å². The summed E-state index contributed by atoms with van der Waals surface area (Å²) in [5.41, 5.74) is 3.07. The van der Waals surface area contributed by atoms with Gasteiger partial charge in [0.25, 0.3) is 11.2 Å². The first-order chi connectivity index (χ1) is 20.5. The number of aromatic nitrogens is 5. The molecule has 11 heteroatoms. The molecule has 0 spiro atoms. The first kappa shape index (κ1) is 26.5. The van der Waals surface area contributed by atoms with Gasteiger partial charge in [-0.15, -0.1) is 5.10 Å². The molecule has 42 heavy (non-hydrogen) atoms. The lowest BCUT2D eigenvalue weighted by atomic mass is 10.1. The van der Waals surface area contributed by atoms with Crippen molar-refractivity contribution in [2.45, 2.75) is 0 Å². The minimum absolute atomic E-state index is 0.0476. The van der Waals surface area contributed by atoms with E-state index >= 15 is 0 Å². The molecule has 6 aromatic rings. The quantitative estimate of drug-likeness (QED) is 0.132. The number of para-hydroxylation sites is 1. The van der Waals surface area contributed by atoms with Crippen LogP contribution in [0, 0.1) is 10.1 Å². The molecule has 0 N–H and O–H groups in total. The summed E-state index contributed by atoms with van der Waals surface area (Å²) in [7, 11) is 0. The fourth-order valence-corrected chi connectivity index (χ4v) is 5.16. The topological polar surface area (TPSA) is 117 Å². The number of ether oxygens (including phenoxy) is 1. The van der Waals surface area contributed by atoms with Crippen LogP contribution in [0.3, 0.4) is 0 Å². The SMILES string of the molecule is C=CCOc1ccc(/C=C/c2nc3s/c(=C\c4cn(-c5ccccc5)nc4-c4cccc([N+](=O)[O-])c4)c(=O)n3n2)cc1. The normalized spacial score (nSPS) is 11.9. The molecule has 10 nitrogen and oxygen atoms in total. The fourth-order valence-electron chi connectivity index (χ4n) is 4.26. The van der Waals surface area contributed by atoms with Gasteiger partial charge in [0.1, 0.15) is 18.1 Å². The van der Waals surface area contributed by atoms with Gasteiger partial charge in [-0.2, -0.15) is 14.6 Å². The van der Waals surface area contributed by atoms with Gasteiger partial charge < -0.3 is 4.74 Å². The molecule has 0 aliphatic heterocycles. The Morgan fingerprint density at radius 3 is 2.55 bits per heavy atom. The van der Waals surface area contributed by atoms with Gasteiger partial charge in [-0.25, -0.2) is 4.68 Å². The number of fused-ring (bicyclic) bond motifs is 1. The Bertz CT molecular complexity index is 2060. The summed E-state index contributed by atoms with van der Waals surface area (Å²) < 4.78 is 8.87. The van der Waals surface area contributed by atoms with Crippen LogP contribution in [-0.2, 0) is 0 Å². The molecule has 0 atom stereocenters. The highest BCUT2D eigenvalue weighted by molar-refractivity contribution is 7.15. The van der Waals surface area contributed by atoms with Crippen molar-refractivity contribution in [1.82, 2.24) is 24.4 Å². The molecule has 0 amide bonds. The molecule has 0 saturated heterocycles. The molecule has 0 bridgehead atoms. The lowest BCUT2D eigenvalue weighted by molar-refractivity contribution is -0.384. The van der Waals surface area contributed by atoms with Crippen LogP contribution in [0.2, 0.25) is 0 Å². The first-order valence-electron chi connectivity index (χ1n) is 12.8. The van der Waals surface area contributed by atoms with Crippen molar-refractivity contribution in [1.29, 1.82) is 0 Å². The number of non-ortho nitro benzene ring substituents is 1. The molecule has 0 radical (unpaired) electrons. The molecule has 6 rings (SSSR count). The number of hydrogen-bond donors (Lipinski definition) is 0. The molecule has 3 aromatic carbocycles. The Morgan fingerprint density at radius 2 is 1.81 bits per heavy atom. The van der Waals surface area contributed by atoms with E-state index in [2.05, 4.69) is 16.7 Å². The number of nitrogens with zero attached hydrogens (tertiary/aromatic N) is 6. The van der Waals surface area contributed by atoms with Crippen LogP contribution in [0.4, 0.5) is 5.69 Å². The predicted molar refractivity (Wildman–Crippen MR) is 163 cm³/mol. The van der Waals surface area contributed by atoms with E-state index in [-0.39, 0.29) is 11.2 Å². The molecule has 0 aliphatic carbocycles. The van der Waals surface area contributed by atoms with Crippen molar-refractivity contribution < 1.29 is 9.66 Å². The van der Waals surface area contributed by atoms with Crippen molar-refractivity contribution in [3.8, 4) is 22.7 Å². The summed E-state index contributed by atoms with van der Waals surface area (Å²) in [6.07, 6.45) is 8.80. The standard InChI is InChI=1S/C31H22N6O4S/c1-2-17-41-26-14-11-21(12-15-26)13-16-28-32-31-36(33-28)30(38)27(42-31)19-23-20-35(24-8-4-3-5-9-24)34-29(23)22-7-6-10-25(18-22)37(39)40/h2-16,18-20H,1,17H2/b16-13+,27-19-. The van der Waals surface area contributed by atoms with E-state index in [1.807, 2.05) is 60.7 Å². The Hall–Kier alpha value is -5.68. The summed E-state index contributed by atoms with van der Waals surface area (Å²) >= 11 is 1.21. The summed E-state index contributed by atoms with van der Waals surface area (Å²) in [6, 6.07) is 23.3. The second kappa shape index (κ2) is 11.4. The maximum Gasteiger partial charge on any atom is 0.291 e. The van der Waals surface area contributed by atoms with E-state index in [4.69, 9.17) is 9.84 Å². The van der Waals surface area contributed by atoms with Gasteiger partial charge in [0, 0.05) is 29.5 Å². The molecule has 0 unspecified atom stereocenters. The zero-order chi connectivity index (χ0) is 29.1. The van der Waals surface area contributed by atoms with E-state index in [1.54, 1.807) is 41.2 Å². The zero-order valence-electron chi connectivity index (χ0n) is 22.0. The van der Waals surface area contributed by atoms with Crippen LogP contribution < -0.4 is 14.8 Å². The van der Waals surface area contributed by atoms with Gasteiger partial charge in [0.05, 0.1) is 15.1 Å². The number of benzene rings is 3. The summed E-state index contributed by atoms with van der Waals surface area (Å²) in [6.45, 7) is 4.08. The molecular weight excluding hydrogens is 552 g/mol. The van der Waals surface area contributed by atoms with E-state index < -0.39 is 4.92 Å². The molecule has 3 aromatic heterocycles. The number of thiazole rings is 1. The fraction of sp³-hybridized carbons (Fsp3) is 0.0323. The summed E-state index contributed by atoms with van der Waals surface area (Å²) in [5, 5.41) is 20.5. The maximum absolute atomic E-state index is 13.3. The average molecular weight is 575 g/mol. The van der Waals surface area contributed by atoms with Crippen molar-refractivity contribution in [3.05, 3.63) is 140 Å². The molecule has 3 heterocycles. The number of nitro groups is 1. The van der Waals surface area contributed by atoms with Crippen molar-refractivity contribution in [2.75, 3.05) is 6.61 Å². The lowest BCUT2D eigenvalue weighted by Gasteiger charge is -2.02. The van der Waals surface area contributed by atoms with Gasteiger partial charge in [-0.3, -0.25) is 14.9 Å². The van der Waals surface area contributed by atoms with Crippen LogP contribution >= 0.6 is 11.3 Å². The third-order valence-electron chi connectivity index (χ3n) is 6.25. The minimum atomic E-state index is -0.448. The van der Waals surface area contributed by atoms with Crippen LogP contribution in [0.5, 0.6) is 5.75 Å². The van der Waals surface area contributed by atoms with E-state index in [0.717, 1.165) is 17.0 Å². The Morgan fingerprint density at radius 1 is 1.00 bits per heavy atom. The molecule has 0 aliphatic rings. The van der Waals surface area contributed by atoms with E-state index in [1.165, 1.54) is 28.0 Å². The largest absolute Gasteiger partial charge is 0.490 e. The van der Waals surface area contributed by atoms with Crippen LogP contribution in [0.15, 0.2) is 103 Å². The highest BCUT2D eigenvalue weighted by atomic mass is 32.1. The van der Waals surface area contributed by atoms with Crippen LogP contribution in [-0.4, -0.2) is 35.9 Å². The highest BCUT2D eigenvalue weighted by Crippen LogP contribution is 2.27. The summed E-state index contributed by atoms with van der Waals surface area (Å²) in [5.74, 6) is 1.15. The minimum Gasteiger partial charge on any atom is -0.490 e. The monoisotopic (exact) mass is 574 g/mol. The molecule has 0 saturated carbocycles. The van der Waals surface area contributed by atoms with E-state index in [0.29, 0.717) is 38.7 Å². The third kappa shape index (κ3) is 5.49. The van der Waals surface area contributed by atoms with Gasteiger partial charge in [-0.1, -0.05) is 72.5 Å². The van der Waals surface area contributed by atoms with Gasteiger partial charge >= 0.3 is 0 Å². The van der Waals surface area contributed by atoms with Crippen molar-refractivity contribution in [3.63, 3.8) is 0 Å². The summed E-state index contributed by atoms with van der Waals surface area (Å²) in [4.78, 5) is 29.2. The third-order valence-corrected chi connectivity index (χ3v) is 7.21. The number of rotatable bonds is 9. The maximum atomic E-state index is 13.3. The Balaban J connectivity index is 1.35. The van der Waals surface area contributed by atoms with E-state index in [9.17, 15) is 14.9 Å². The van der Waals surface area contributed by atoms with Gasteiger partial charge in [-0.05, 0) is 42.0 Å². The smallest absolute Gasteiger partial charge is 0.291 e. The number of hydrogen-bond acceptors (Lipinski definition) is 8. The average Bonchev–Trinajstić information content (AvgIpc) is 3.70. The Labute approximate surface area is 242 Å². The molecule has 206 valence electrons. The first-order valence-corrected chi connectivity index (χ1v) is 13.6. The second-order valence-electron chi connectivity index (χ2n) is 9.10. The van der Waals surface area contributed by atoms with Gasteiger partial charge in [0.15, 0.2) is 5.82 Å². The molecule has 0 fully saturated rings. The van der Waals surface area contributed by atoms with Crippen molar-refractivity contribution in [2.24, 2.45) is 0 Å². The number of nitro benzene ring substituents is 1. The van der Waals surface area contributed by atoms with Crippen LogP contribution in [0.1, 0.15) is 17.0 Å². The second-order valence-corrected chi connectivity index (χ2v) is 10.1. The predicted octanol–water partition coefficient (Wildman–Crippen LogP) is 5.19. The van der Waals surface area contributed by atoms with Gasteiger partial charge in [0.2, 0.25) is 4.96 Å². The lowest BCUT2D eigenvalue weighted by Crippen LogP contribution is -2.23. The van der Waals surface area contributed by atoms with Crippen molar-refractivity contribution >= 4 is 40.2 Å².